The van der Waals surface area contributed by atoms with Crippen molar-refractivity contribution in [2.75, 3.05) is 0 Å². The van der Waals surface area contributed by atoms with Gasteiger partial charge >= 0.3 is 5.97 Å². The van der Waals surface area contributed by atoms with Crippen molar-refractivity contribution in [3.05, 3.63) is 42.0 Å². The van der Waals surface area contributed by atoms with E-state index in [1.54, 1.807) is 6.07 Å². The number of fused-ring (bicyclic) bond motifs is 7. The molecule has 1 aliphatic heterocycles. The lowest BCUT2D eigenvalue weighted by atomic mass is 9.53. The van der Waals surface area contributed by atoms with E-state index in [4.69, 9.17) is 4.74 Å². The van der Waals surface area contributed by atoms with Gasteiger partial charge in [-0.2, -0.15) is 0 Å². The van der Waals surface area contributed by atoms with E-state index < -0.39 is 5.60 Å². The Morgan fingerprint density at radius 3 is 2.92 bits per heavy atom. The number of esters is 1. The number of hydrogen-bond acceptors (Lipinski definition) is 4. The molecule has 3 aliphatic carbocycles. The van der Waals surface area contributed by atoms with E-state index in [-0.39, 0.29) is 30.3 Å². The molecular formula is C22H26O4. The number of phenols is 1. The molecule has 2 N–H and O–H groups in total. The first-order valence-corrected chi connectivity index (χ1v) is 9.78. The maximum atomic E-state index is 11.8. The Labute approximate surface area is 153 Å². The lowest BCUT2D eigenvalue weighted by Gasteiger charge is -2.52. The Kier molecular flexibility index (Phi) is 3.37. The van der Waals surface area contributed by atoms with E-state index in [0.717, 1.165) is 19.3 Å². The minimum atomic E-state index is -0.997. The van der Waals surface area contributed by atoms with Crippen LogP contribution in [0.2, 0.25) is 0 Å². The Hall–Kier alpha value is -1.81. The maximum Gasteiger partial charge on any atom is 0.309 e. The van der Waals surface area contributed by atoms with Crippen molar-refractivity contribution in [2.45, 2.75) is 50.2 Å². The first-order valence-electron chi connectivity index (χ1n) is 9.78. The average Bonchev–Trinajstić information content (AvgIpc) is 3.01. The van der Waals surface area contributed by atoms with Crippen LogP contribution >= 0.6 is 0 Å². The number of benzene rings is 1. The third-order valence-electron chi connectivity index (χ3n) is 7.79. The van der Waals surface area contributed by atoms with Gasteiger partial charge in [0, 0.05) is 0 Å². The number of ether oxygens (including phenoxy) is 1. The van der Waals surface area contributed by atoms with E-state index in [1.807, 2.05) is 12.1 Å². The summed E-state index contributed by atoms with van der Waals surface area (Å²) in [6.07, 6.45) is 4.40. The maximum absolute atomic E-state index is 11.8. The minimum Gasteiger partial charge on any atom is -0.508 e. The largest absolute Gasteiger partial charge is 0.508 e. The molecule has 0 bridgehead atoms. The smallest absolute Gasteiger partial charge is 0.309 e. The van der Waals surface area contributed by atoms with Gasteiger partial charge in [0.05, 0.1) is 6.42 Å². The fraction of sp³-hybridized carbons (Fsp3) is 0.591. The molecular weight excluding hydrogens is 328 g/mol. The fourth-order valence-electron chi connectivity index (χ4n) is 6.88. The molecule has 8 atom stereocenters. The number of hydrogen-bond donors (Lipinski definition) is 2. The molecule has 4 heteroatoms. The van der Waals surface area contributed by atoms with Crippen LogP contribution in [0.1, 0.15) is 43.2 Å². The summed E-state index contributed by atoms with van der Waals surface area (Å²) < 4.78 is 5.50. The van der Waals surface area contributed by atoms with Gasteiger partial charge in [-0.3, -0.25) is 4.79 Å². The first kappa shape index (κ1) is 16.4. The second kappa shape index (κ2) is 5.35. The Balaban J connectivity index is 1.59. The zero-order valence-corrected chi connectivity index (χ0v) is 15.1. The van der Waals surface area contributed by atoms with Crippen molar-refractivity contribution in [1.29, 1.82) is 0 Å². The molecule has 2 saturated carbocycles. The van der Waals surface area contributed by atoms with E-state index in [9.17, 15) is 15.0 Å². The molecule has 1 aromatic carbocycles. The molecule has 1 saturated heterocycles. The molecule has 26 heavy (non-hydrogen) atoms. The molecule has 0 radical (unpaired) electrons. The highest BCUT2D eigenvalue weighted by atomic mass is 16.6. The van der Waals surface area contributed by atoms with Crippen LogP contribution < -0.4 is 0 Å². The predicted octanol–water partition coefficient (Wildman–Crippen LogP) is 3.17. The molecule has 4 nitrogen and oxygen atoms in total. The summed E-state index contributed by atoms with van der Waals surface area (Å²) in [5.41, 5.74) is 1.57. The zero-order chi connectivity index (χ0) is 18.2. The lowest BCUT2D eigenvalue weighted by Crippen LogP contribution is -2.48. The molecule has 0 aromatic heterocycles. The van der Waals surface area contributed by atoms with Gasteiger partial charge in [-0.15, -0.1) is 6.58 Å². The quantitative estimate of drug-likeness (QED) is 0.600. The molecule has 138 valence electrons. The first-order chi connectivity index (χ1) is 12.4. The van der Waals surface area contributed by atoms with Crippen molar-refractivity contribution in [2.24, 2.45) is 29.6 Å². The van der Waals surface area contributed by atoms with Gasteiger partial charge in [0.1, 0.15) is 17.5 Å². The zero-order valence-electron chi connectivity index (χ0n) is 15.1. The Bertz CT molecular complexity index is 786. The fourth-order valence-corrected chi connectivity index (χ4v) is 6.88. The minimum absolute atomic E-state index is 0.101. The second-order valence-corrected chi connectivity index (χ2v) is 8.96. The predicted molar refractivity (Wildman–Crippen MR) is 96.6 cm³/mol. The summed E-state index contributed by atoms with van der Waals surface area (Å²) in [6.45, 7) is 6.39. The van der Waals surface area contributed by atoms with E-state index >= 15 is 0 Å². The number of allylic oxidation sites excluding steroid dienone is 1. The lowest BCUT2D eigenvalue weighted by molar-refractivity contribution is -0.142. The van der Waals surface area contributed by atoms with Crippen LogP contribution in [-0.4, -0.2) is 27.9 Å². The second-order valence-electron chi connectivity index (χ2n) is 8.96. The van der Waals surface area contributed by atoms with Crippen LogP contribution in [0.15, 0.2) is 30.9 Å². The normalized spacial score (nSPS) is 45.9. The third kappa shape index (κ3) is 2.02. The standard InChI is InChI=1S/C22H26O4/c1-3-12-8-17-16(9-18-22(17,25)10-19(24)26-18)20-11(2)6-13-7-14(23)4-5-15(13)21(12)20/h3-5,7,11-12,16-18,20-21,23,25H,1,6,8-10H2,2H3. The van der Waals surface area contributed by atoms with Crippen molar-refractivity contribution < 1.29 is 19.7 Å². The van der Waals surface area contributed by atoms with Crippen LogP contribution in [0.5, 0.6) is 5.75 Å². The summed E-state index contributed by atoms with van der Waals surface area (Å²) in [5, 5.41) is 21.2. The van der Waals surface area contributed by atoms with Crippen LogP contribution in [0, 0.1) is 29.6 Å². The van der Waals surface area contributed by atoms with Gasteiger partial charge in [-0.05, 0) is 78.0 Å². The molecule has 1 aromatic rings. The highest BCUT2D eigenvalue weighted by Gasteiger charge is 2.65. The monoisotopic (exact) mass is 354 g/mol. The average molecular weight is 354 g/mol. The van der Waals surface area contributed by atoms with Crippen LogP contribution in [0.4, 0.5) is 0 Å². The number of carbonyl (C=O) groups excluding carboxylic acids is 1. The molecule has 3 fully saturated rings. The summed E-state index contributed by atoms with van der Waals surface area (Å²) >= 11 is 0. The topological polar surface area (TPSA) is 66.8 Å². The molecule has 1 heterocycles. The third-order valence-corrected chi connectivity index (χ3v) is 7.79. The number of rotatable bonds is 1. The summed E-state index contributed by atoms with van der Waals surface area (Å²) in [7, 11) is 0. The van der Waals surface area contributed by atoms with Crippen LogP contribution in [-0.2, 0) is 16.0 Å². The highest BCUT2D eigenvalue weighted by Crippen LogP contribution is 2.63. The number of phenolic OH excluding ortho intramolecular Hbond substituents is 1. The van der Waals surface area contributed by atoms with Gasteiger partial charge in [-0.25, -0.2) is 0 Å². The van der Waals surface area contributed by atoms with Crippen LogP contribution in [0.3, 0.4) is 0 Å². The van der Waals surface area contributed by atoms with Gasteiger partial charge < -0.3 is 14.9 Å². The summed E-state index contributed by atoms with van der Waals surface area (Å²) in [6, 6.07) is 5.78. The van der Waals surface area contributed by atoms with Crippen molar-refractivity contribution in [3.8, 4) is 5.75 Å². The molecule has 0 spiro atoms. The Morgan fingerprint density at radius 1 is 1.35 bits per heavy atom. The van der Waals surface area contributed by atoms with E-state index in [1.165, 1.54) is 11.1 Å². The van der Waals surface area contributed by atoms with Gasteiger partial charge in [0.15, 0.2) is 0 Å². The summed E-state index contributed by atoms with van der Waals surface area (Å²) in [5.74, 6) is 2.09. The highest BCUT2D eigenvalue weighted by molar-refractivity contribution is 5.74. The SMILES string of the molecule is C=CC1CC2C(CC3OC(=O)CC32O)C2C(C)Cc3cc(O)ccc3C12. The van der Waals surface area contributed by atoms with Crippen LogP contribution in [0.25, 0.3) is 0 Å². The molecule has 5 rings (SSSR count). The Morgan fingerprint density at radius 2 is 2.15 bits per heavy atom. The number of aliphatic hydroxyl groups is 1. The van der Waals surface area contributed by atoms with Crippen molar-refractivity contribution in [3.63, 3.8) is 0 Å². The van der Waals surface area contributed by atoms with Gasteiger partial charge in [0.25, 0.3) is 0 Å². The van der Waals surface area contributed by atoms with Crippen molar-refractivity contribution >= 4 is 5.97 Å². The van der Waals surface area contributed by atoms with E-state index in [2.05, 4.69) is 19.6 Å². The number of aromatic hydroxyl groups is 1. The molecule has 8 unspecified atom stereocenters. The molecule has 4 aliphatic rings. The van der Waals surface area contributed by atoms with Gasteiger partial charge in [-0.1, -0.05) is 19.1 Å². The summed E-state index contributed by atoms with van der Waals surface area (Å²) in [4.78, 5) is 11.8. The van der Waals surface area contributed by atoms with E-state index in [0.29, 0.717) is 29.4 Å². The van der Waals surface area contributed by atoms with Gasteiger partial charge in [0.2, 0.25) is 0 Å². The number of carbonyl (C=O) groups is 1. The van der Waals surface area contributed by atoms with Crippen molar-refractivity contribution in [1.82, 2.24) is 0 Å². The molecule has 0 amide bonds.